The number of amides is 2. The van der Waals surface area contributed by atoms with Gasteiger partial charge in [-0.2, -0.15) is 0 Å². The topological polar surface area (TPSA) is 98.5 Å². The van der Waals surface area contributed by atoms with Crippen LogP contribution < -0.4 is 11.1 Å². The standard InChI is InChI=1S/C13H24N2O4/c1-6-19-12(18)10(13(3,4)5)11(17)15-8(2)7-9(14)16/h8,10H,6-7H2,1-5H3,(H2,14,16)(H,15,17). The molecule has 0 heterocycles. The lowest BCUT2D eigenvalue weighted by atomic mass is 9.80. The lowest BCUT2D eigenvalue weighted by Crippen LogP contribution is -2.47. The average Bonchev–Trinajstić information content (AvgIpc) is 2.12. The molecule has 19 heavy (non-hydrogen) atoms. The Morgan fingerprint density at radius 1 is 1.26 bits per heavy atom. The van der Waals surface area contributed by atoms with Crippen LogP contribution in [0, 0.1) is 11.3 Å². The molecule has 0 aliphatic rings. The van der Waals surface area contributed by atoms with Crippen LogP contribution in [0.25, 0.3) is 0 Å². The van der Waals surface area contributed by atoms with Gasteiger partial charge >= 0.3 is 5.97 Å². The molecule has 0 bridgehead atoms. The quantitative estimate of drug-likeness (QED) is 0.546. The Bertz CT molecular complexity index is 347. The highest BCUT2D eigenvalue weighted by atomic mass is 16.5. The van der Waals surface area contributed by atoms with Gasteiger partial charge in [-0.1, -0.05) is 20.8 Å². The number of primary amides is 1. The molecule has 6 nitrogen and oxygen atoms in total. The van der Waals surface area contributed by atoms with E-state index in [1.165, 1.54) is 0 Å². The molecule has 0 aliphatic heterocycles. The zero-order valence-corrected chi connectivity index (χ0v) is 12.3. The zero-order valence-electron chi connectivity index (χ0n) is 12.3. The summed E-state index contributed by atoms with van der Waals surface area (Å²) in [5.41, 5.74) is 4.49. The first-order valence-electron chi connectivity index (χ1n) is 6.34. The molecule has 0 aromatic carbocycles. The number of nitrogens with one attached hydrogen (secondary N) is 1. The van der Waals surface area contributed by atoms with Crippen LogP contribution in [-0.4, -0.2) is 30.4 Å². The first-order chi connectivity index (χ1) is 8.59. The molecule has 3 N–H and O–H groups in total. The molecule has 6 heteroatoms. The molecular weight excluding hydrogens is 248 g/mol. The summed E-state index contributed by atoms with van der Waals surface area (Å²) in [5, 5.41) is 2.62. The molecular formula is C13H24N2O4. The van der Waals surface area contributed by atoms with Crippen LogP contribution in [0.2, 0.25) is 0 Å². The predicted octanol–water partition coefficient (Wildman–Crippen LogP) is 0.592. The smallest absolute Gasteiger partial charge is 0.319 e. The van der Waals surface area contributed by atoms with Gasteiger partial charge in [0.1, 0.15) is 5.92 Å². The summed E-state index contributed by atoms with van der Waals surface area (Å²) in [7, 11) is 0. The summed E-state index contributed by atoms with van der Waals surface area (Å²) < 4.78 is 4.92. The van der Waals surface area contributed by atoms with Crippen LogP contribution in [0.5, 0.6) is 0 Å². The highest BCUT2D eigenvalue weighted by Crippen LogP contribution is 2.27. The maximum Gasteiger partial charge on any atom is 0.319 e. The fraction of sp³-hybridized carbons (Fsp3) is 0.769. The number of ether oxygens (including phenoxy) is 1. The molecule has 2 amide bonds. The second-order valence-electron chi connectivity index (χ2n) is 5.63. The molecule has 2 unspecified atom stereocenters. The SMILES string of the molecule is CCOC(=O)C(C(=O)NC(C)CC(N)=O)C(C)(C)C. The van der Waals surface area contributed by atoms with Crippen molar-refractivity contribution in [2.45, 2.75) is 47.1 Å². The first-order valence-corrected chi connectivity index (χ1v) is 6.34. The number of hydrogen-bond donors (Lipinski definition) is 2. The van der Waals surface area contributed by atoms with E-state index >= 15 is 0 Å². The summed E-state index contributed by atoms with van der Waals surface area (Å²) in [5.74, 6) is -2.42. The number of rotatable bonds is 6. The molecule has 110 valence electrons. The van der Waals surface area contributed by atoms with Crippen molar-refractivity contribution < 1.29 is 19.1 Å². The van der Waals surface area contributed by atoms with Gasteiger partial charge in [-0.3, -0.25) is 14.4 Å². The summed E-state index contributed by atoms with van der Waals surface area (Å²) in [6.45, 7) is 8.92. The number of carbonyl (C=O) groups excluding carboxylic acids is 3. The van der Waals surface area contributed by atoms with Crippen molar-refractivity contribution in [3.05, 3.63) is 0 Å². The highest BCUT2D eigenvalue weighted by molar-refractivity contribution is 5.98. The van der Waals surface area contributed by atoms with E-state index in [9.17, 15) is 14.4 Å². The third-order valence-corrected chi connectivity index (χ3v) is 2.55. The average molecular weight is 272 g/mol. The summed E-state index contributed by atoms with van der Waals surface area (Å²) in [6, 6.07) is -0.413. The second-order valence-corrected chi connectivity index (χ2v) is 5.63. The molecule has 2 atom stereocenters. The van der Waals surface area contributed by atoms with Crippen LogP contribution in [0.1, 0.15) is 41.0 Å². The molecule has 0 aromatic heterocycles. The van der Waals surface area contributed by atoms with Gasteiger partial charge < -0.3 is 15.8 Å². The van der Waals surface area contributed by atoms with Crippen LogP contribution in [0.3, 0.4) is 0 Å². The minimum Gasteiger partial charge on any atom is -0.465 e. The van der Waals surface area contributed by atoms with E-state index in [0.29, 0.717) is 0 Å². The third kappa shape index (κ3) is 6.22. The van der Waals surface area contributed by atoms with E-state index in [1.807, 2.05) is 0 Å². The van der Waals surface area contributed by atoms with Gasteiger partial charge in [0.25, 0.3) is 0 Å². The van der Waals surface area contributed by atoms with Gasteiger partial charge in [0, 0.05) is 12.5 Å². The van der Waals surface area contributed by atoms with Crippen molar-refractivity contribution in [2.24, 2.45) is 17.1 Å². The van der Waals surface area contributed by atoms with Crippen molar-refractivity contribution in [3.8, 4) is 0 Å². The van der Waals surface area contributed by atoms with E-state index in [4.69, 9.17) is 10.5 Å². The molecule has 0 fully saturated rings. The maximum absolute atomic E-state index is 12.1. The largest absolute Gasteiger partial charge is 0.465 e. The normalized spacial score (nSPS) is 14.4. The summed E-state index contributed by atoms with van der Waals surface area (Å²) in [6.07, 6.45) is 0.0332. The number of esters is 1. The summed E-state index contributed by atoms with van der Waals surface area (Å²) in [4.78, 5) is 34.8. The Morgan fingerprint density at radius 3 is 2.16 bits per heavy atom. The Labute approximate surface area is 114 Å². The van der Waals surface area contributed by atoms with E-state index in [-0.39, 0.29) is 13.0 Å². The fourth-order valence-electron chi connectivity index (χ4n) is 1.76. The third-order valence-electron chi connectivity index (χ3n) is 2.55. The number of hydrogen-bond acceptors (Lipinski definition) is 4. The molecule has 0 rings (SSSR count). The number of nitrogens with two attached hydrogens (primary N) is 1. The summed E-state index contributed by atoms with van der Waals surface area (Å²) >= 11 is 0. The Morgan fingerprint density at radius 2 is 1.79 bits per heavy atom. The van der Waals surface area contributed by atoms with Gasteiger partial charge in [-0.15, -0.1) is 0 Å². The molecule has 0 spiro atoms. The monoisotopic (exact) mass is 272 g/mol. The van der Waals surface area contributed by atoms with Crippen LogP contribution in [-0.2, 0) is 19.1 Å². The second kappa shape index (κ2) is 7.11. The fourth-order valence-corrected chi connectivity index (χ4v) is 1.76. The van der Waals surface area contributed by atoms with E-state index in [1.54, 1.807) is 34.6 Å². The Kier molecular flexibility index (Phi) is 6.52. The minimum atomic E-state index is -0.914. The molecule has 0 aliphatic carbocycles. The minimum absolute atomic E-state index is 0.0332. The van der Waals surface area contributed by atoms with Crippen molar-refractivity contribution in [1.29, 1.82) is 0 Å². The van der Waals surface area contributed by atoms with Gasteiger partial charge in [-0.05, 0) is 19.3 Å². The van der Waals surface area contributed by atoms with E-state index < -0.39 is 35.2 Å². The lowest BCUT2D eigenvalue weighted by molar-refractivity contribution is -0.156. The molecule has 0 saturated carbocycles. The Hall–Kier alpha value is -1.59. The van der Waals surface area contributed by atoms with E-state index in [0.717, 1.165) is 0 Å². The van der Waals surface area contributed by atoms with Crippen LogP contribution in [0.15, 0.2) is 0 Å². The maximum atomic E-state index is 12.1. The molecule has 0 radical (unpaired) electrons. The molecule has 0 aromatic rings. The van der Waals surface area contributed by atoms with Crippen molar-refractivity contribution >= 4 is 17.8 Å². The van der Waals surface area contributed by atoms with Crippen molar-refractivity contribution in [1.82, 2.24) is 5.32 Å². The first kappa shape index (κ1) is 17.4. The lowest BCUT2D eigenvalue weighted by Gasteiger charge is -2.28. The van der Waals surface area contributed by atoms with E-state index in [2.05, 4.69) is 5.32 Å². The number of carbonyl (C=O) groups is 3. The zero-order chi connectivity index (χ0) is 15.2. The van der Waals surface area contributed by atoms with Gasteiger partial charge in [0.2, 0.25) is 11.8 Å². The predicted molar refractivity (Wildman–Crippen MR) is 71.0 cm³/mol. The van der Waals surface area contributed by atoms with Gasteiger partial charge in [0.05, 0.1) is 6.61 Å². The molecule has 0 saturated heterocycles. The Balaban J connectivity index is 4.83. The van der Waals surface area contributed by atoms with Gasteiger partial charge in [-0.25, -0.2) is 0 Å². The van der Waals surface area contributed by atoms with Crippen LogP contribution >= 0.6 is 0 Å². The van der Waals surface area contributed by atoms with Crippen molar-refractivity contribution in [3.63, 3.8) is 0 Å². The van der Waals surface area contributed by atoms with Crippen LogP contribution in [0.4, 0.5) is 0 Å². The van der Waals surface area contributed by atoms with Gasteiger partial charge in [0.15, 0.2) is 0 Å². The highest BCUT2D eigenvalue weighted by Gasteiger charge is 2.39. The van der Waals surface area contributed by atoms with Crippen molar-refractivity contribution in [2.75, 3.05) is 6.61 Å².